The van der Waals surface area contributed by atoms with Gasteiger partial charge in [0.05, 0.1) is 18.4 Å². The predicted molar refractivity (Wildman–Crippen MR) is 83.9 cm³/mol. The normalized spacial score (nSPS) is 11.6. The molecule has 3 N–H and O–H groups in total. The van der Waals surface area contributed by atoms with Gasteiger partial charge in [-0.15, -0.1) is 0 Å². The Morgan fingerprint density at radius 3 is 2.75 bits per heavy atom. The summed E-state index contributed by atoms with van der Waals surface area (Å²) in [7, 11) is -3.67. The molecule has 0 aliphatic carbocycles. The number of sulfonamides is 1. The van der Waals surface area contributed by atoms with E-state index in [0.29, 0.717) is 23.2 Å². The van der Waals surface area contributed by atoms with Crippen molar-refractivity contribution in [1.29, 1.82) is 0 Å². The molecule has 0 atom stereocenters. The molecular weight excluding hydrogens is 412 g/mol. The molecule has 0 fully saturated rings. The van der Waals surface area contributed by atoms with Crippen LogP contribution in [0.1, 0.15) is 0 Å². The summed E-state index contributed by atoms with van der Waals surface area (Å²) in [5.74, 6) is 0. The van der Waals surface area contributed by atoms with Gasteiger partial charge in [-0.25, -0.2) is 8.42 Å². The van der Waals surface area contributed by atoms with Gasteiger partial charge in [0.25, 0.3) is 10.0 Å². The van der Waals surface area contributed by atoms with Gasteiger partial charge in [0, 0.05) is 21.7 Å². The molecule has 1 aromatic carbocycles. The van der Waals surface area contributed by atoms with Crippen molar-refractivity contribution in [3.05, 3.63) is 39.5 Å². The highest BCUT2D eigenvalue weighted by Crippen LogP contribution is 2.28. The van der Waals surface area contributed by atoms with E-state index in [-0.39, 0.29) is 4.90 Å². The van der Waals surface area contributed by atoms with E-state index in [1.807, 2.05) is 0 Å². The molecule has 2 rings (SSSR count). The largest absolute Gasteiger partial charge is 0.329 e. The highest BCUT2D eigenvalue weighted by Gasteiger charge is 2.17. The molecule has 20 heavy (non-hydrogen) atoms. The van der Waals surface area contributed by atoms with Crippen LogP contribution in [0.5, 0.6) is 0 Å². The van der Waals surface area contributed by atoms with E-state index in [9.17, 15) is 8.42 Å². The molecular formula is C11H12Br2N4O2S. The summed E-state index contributed by atoms with van der Waals surface area (Å²) >= 11 is 6.62. The first-order valence-electron chi connectivity index (χ1n) is 5.63. The second-order valence-corrected chi connectivity index (χ2v) is 7.41. The van der Waals surface area contributed by atoms with E-state index in [1.54, 1.807) is 18.2 Å². The number of nitrogens with one attached hydrogen (secondary N) is 1. The lowest BCUT2D eigenvalue weighted by Gasteiger charge is -2.08. The fourth-order valence-electron chi connectivity index (χ4n) is 1.51. The van der Waals surface area contributed by atoms with Crippen LogP contribution in [-0.2, 0) is 16.6 Å². The monoisotopic (exact) mass is 422 g/mol. The number of rotatable bonds is 5. The summed E-state index contributed by atoms with van der Waals surface area (Å²) in [6.45, 7) is 0.865. The van der Waals surface area contributed by atoms with Gasteiger partial charge in [-0.1, -0.05) is 15.9 Å². The number of aromatic nitrogens is 2. The Labute approximate surface area is 133 Å². The van der Waals surface area contributed by atoms with Gasteiger partial charge in [0.2, 0.25) is 0 Å². The SMILES string of the molecule is NCCn1cc(S(=O)(=O)Nc2ccc(Br)cc2Br)cn1. The van der Waals surface area contributed by atoms with Crippen molar-refractivity contribution in [2.45, 2.75) is 11.4 Å². The summed E-state index contributed by atoms with van der Waals surface area (Å²) < 4.78 is 29.9. The first kappa shape index (κ1) is 15.5. The molecule has 6 nitrogen and oxygen atoms in total. The molecule has 1 heterocycles. The maximum absolute atomic E-state index is 12.2. The van der Waals surface area contributed by atoms with Crippen molar-refractivity contribution < 1.29 is 8.42 Å². The molecule has 0 unspecified atom stereocenters. The van der Waals surface area contributed by atoms with E-state index in [4.69, 9.17) is 5.73 Å². The summed E-state index contributed by atoms with van der Waals surface area (Å²) in [5, 5.41) is 3.95. The Morgan fingerprint density at radius 2 is 2.10 bits per heavy atom. The van der Waals surface area contributed by atoms with Crippen LogP contribution >= 0.6 is 31.9 Å². The molecule has 0 radical (unpaired) electrons. The van der Waals surface area contributed by atoms with Crippen molar-refractivity contribution >= 4 is 47.6 Å². The van der Waals surface area contributed by atoms with Crippen LogP contribution in [0.4, 0.5) is 5.69 Å². The highest BCUT2D eigenvalue weighted by molar-refractivity contribution is 9.11. The number of hydrogen-bond acceptors (Lipinski definition) is 4. The minimum atomic E-state index is -3.67. The van der Waals surface area contributed by atoms with Gasteiger partial charge in [-0.3, -0.25) is 9.40 Å². The highest BCUT2D eigenvalue weighted by atomic mass is 79.9. The fraction of sp³-hybridized carbons (Fsp3) is 0.182. The molecule has 0 bridgehead atoms. The maximum atomic E-state index is 12.2. The molecule has 0 saturated carbocycles. The Hall–Kier alpha value is -0.900. The molecule has 2 aromatic rings. The van der Waals surface area contributed by atoms with Gasteiger partial charge in [0.15, 0.2) is 0 Å². The molecule has 0 aliphatic heterocycles. The third-order valence-electron chi connectivity index (χ3n) is 2.45. The van der Waals surface area contributed by atoms with Crippen LogP contribution in [0, 0.1) is 0 Å². The van der Waals surface area contributed by atoms with Crippen molar-refractivity contribution in [2.24, 2.45) is 5.73 Å². The molecule has 0 saturated heterocycles. The zero-order chi connectivity index (χ0) is 14.8. The smallest absolute Gasteiger partial charge is 0.265 e. The van der Waals surface area contributed by atoms with Crippen LogP contribution in [0.25, 0.3) is 0 Å². The molecule has 0 aliphatic rings. The van der Waals surface area contributed by atoms with E-state index in [1.165, 1.54) is 17.1 Å². The molecule has 0 amide bonds. The van der Waals surface area contributed by atoms with E-state index >= 15 is 0 Å². The van der Waals surface area contributed by atoms with Gasteiger partial charge in [-0.2, -0.15) is 5.10 Å². The van der Waals surface area contributed by atoms with E-state index < -0.39 is 10.0 Å². The van der Waals surface area contributed by atoms with Crippen LogP contribution in [0.3, 0.4) is 0 Å². The van der Waals surface area contributed by atoms with Gasteiger partial charge in [-0.05, 0) is 34.1 Å². The topological polar surface area (TPSA) is 90.0 Å². The van der Waals surface area contributed by atoms with Gasteiger partial charge in [0.1, 0.15) is 4.90 Å². The lowest BCUT2D eigenvalue weighted by molar-refractivity contribution is 0.599. The Kier molecular flexibility index (Phi) is 4.84. The fourth-order valence-corrected chi connectivity index (χ4v) is 3.82. The van der Waals surface area contributed by atoms with Crippen LogP contribution in [0.15, 0.2) is 44.4 Å². The average molecular weight is 424 g/mol. The number of halogens is 2. The van der Waals surface area contributed by atoms with Crippen molar-refractivity contribution in [2.75, 3.05) is 11.3 Å². The van der Waals surface area contributed by atoms with Crippen LogP contribution in [0.2, 0.25) is 0 Å². The summed E-state index contributed by atoms with van der Waals surface area (Å²) in [4.78, 5) is 0.0979. The van der Waals surface area contributed by atoms with E-state index in [2.05, 4.69) is 41.7 Å². The van der Waals surface area contributed by atoms with Gasteiger partial charge >= 0.3 is 0 Å². The first-order chi connectivity index (χ1) is 9.42. The number of hydrogen-bond donors (Lipinski definition) is 2. The Balaban J connectivity index is 2.26. The summed E-state index contributed by atoms with van der Waals surface area (Å²) in [5.41, 5.74) is 5.86. The molecule has 9 heteroatoms. The zero-order valence-electron chi connectivity index (χ0n) is 10.3. The van der Waals surface area contributed by atoms with Gasteiger partial charge < -0.3 is 5.73 Å². The first-order valence-corrected chi connectivity index (χ1v) is 8.69. The van der Waals surface area contributed by atoms with Crippen molar-refractivity contribution in [3.63, 3.8) is 0 Å². The van der Waals surface area contributed by atoms with Crippen LogP contribution in [-0.4, -0.2) is 24.7 Å². The van der Waals surface area contributed by atoms with Crippen LogP contribution < -0.4 is 10.5 Å². The summed E-state index contributed by atoms with van der Waals surface area (Å²) in [6.07, 6.45) is 2.74. The third kappa shape index (κ3) is 3.60. The molecule has 0 spiro atoms. The second-order valence-electron chi connectivity index (χ2n) is 3.96. The quantitative estimate of drug-likeness (QED) is 0.770. The number of anilines is 1. The van der Waals surface area contributed by atoms with E-state index in [0.717, 1.165) is 4.47 Å². The zero-order valence-corrected chi connectivity index (χ0v) is 14.2. The lowest BCUT2D eigenvalue weighted by atomic mass is 10.3. The minimum Gasteiger partial charge on any atom is -0.329 e. The number of nitrogens with zero attached hydrogens (tertiary/aromatic N) is 2. The number of benzene rings is 1. The Morgan fingerprint density at radius 1 is 1.35 bits per heavy atom. The standard InChI is InChI=1S/C11H12Br2N4O2S/c12-8-1-2-11(10(13)5-8)16-20(18,19)9-6-15-17(7-9)4-3-14/h1-2,5-7,16H,3-4,14H2. The maximum Gasteiger partial charge on any atom is 0.265 e. The minimum absolute atomic E-state index is 0.0979. The van der Waals surface area contributed by atoms with Crippen molar-refractivity contribution in [3.8, 4) is 0 Å². The molecule has 108 valence electrons. The van der Waals surface area contributed by atoms with Crippen molar-refractivity contribution in [1.82, 2.24) is 9.78 Å². The average Bonchev–Trinajstić information content (AvgIpc) is 2.83. The second kappa shape index (κ2) is 6.25. The third-order valence-corrected chi connectivity index (χ3v) is 4.92. The number of nitrogens with two attached hydrogens (primary N) is 1. The summed E-state index contributed by atoms with van der Waals surface area (Å²) in [6, 6.07) is 5.17. The lowest BCUT2D eigenvalue weighted by Crippen LogP contribution is -2.13. The molecule has 1 aromatic heterocycles. The predicted octanol–water partition coefficient (Wildman–Crippen LogP) is 2.17. The Bertz CT molecular complexity index is 715.